The zero-order valence-corrected chi connectivity index (χ0v) is 15.9. The van der Waals surface area contributed by atoms with E-state index in [1.165, 1.54) is 28.6 Å². The summed E-state index contributed by atoms with van der Waals surface area (Å²) < 4.78 is 33.5. The third kappa shape index (κ3) is 3.41. The molecule has 4 rings (SSSR count). The van der Waals surface area contributed by atoms with Crippen molar-refractivity contribution in [3.63, 3.8) is 0 Å². The van der Waals surface area contributed by atoms with E-state index >= 15 is 0 Å². The van der Waals surface area contributed by atoms with Crippen LogP contribution in [0.15, 0.2) is 45.8 Å². The maximum absolute atomic E-state index is 12.5. The molecule has 0 radical (unpaired) electrons. The van der Waals surface area contributed by atoms with Crippen molar-refractivity contribution in [2.75, 3.05) is 18.4 Å². The monoisotopic (exact) mass is 402 g/mol. The Hall–Kier alpha value is -3.05. The van der Waals surface area contributed by atoms with E-state index in [1.807, 2.05) is 0 Å². The minimum absolute atomic E-state index is 0.0602. The van der Waals surface area contributed by atoms with E-state index in [1.54, 1.807) is 24.0 Å². The van der Waals surface area contributed by atoms with E-state index in [2.05, 4.69) is 20.6 Å². The van der Waals surface area contributed by atoms with Gasteiger partial charge in [-0.05, 0) is 43.2 Å². The summed E-state index contributed by atoms with van der Waals surface area (Å²) in [6.45, 7) is 1.06. The van der Waals surface area contributed by atoms with E-state index in [9.17, 15) is 13.2 Å². The Bertz CT molecular complexity index is 1100. The maximum Gasteiger partial charge on any atom is 0.322 e. The average Bonchev–Trinajstić information content (AvgIpc) is 3.43. The van der Waals surface area contributed by atoms with Gasteiger partial charge in [-0.1, -0.05) is 5.10 Å². The van der Waals surface area contributed by atoms with Gasteiger partial charge in [0.15, 0.2) is 0 Å². The molecule has 1 aromatic carbocycles. The standard InChI is InChI=1S/C17H18N6O4S/c1-22-14(8-9-18-22)16-20-21-17(27-16)19-15(24)12-4-6-13(7-5-12)28(25,26)23-10-2-3-11-23/h4-9H,2-3,10-11H2,1H3,(H,19,21,24). The van der Waals surface area contributed by atoms with Crippen LogP contribution in [0.2, 0.25) is 0 Å². The highest BCUT2D eigenvalue weighted by atomic mass is 32.2. The predicted octanol–water partition coefficient (Wildman–Crippen LogP) is 1.51. The molecule has 0 spiro atoms. The molecule has 0 bridgehead atoms. The van der Waals surface area contributed by atoms with Gasteiger partial charge in [0.1, 0.15) is 5.69 Å². The number of carbonyl (C=O) groups excluding carboxylic acids is 1. The van der Waals surface area contributed by atoms with Crippen LogP contribution in [0.5, 0.6) is 0 Å². The summed E-state index contributed by atoms with van der Waals surface area (Å²) in [5.74, 6) is -0.257. The number of aryl methyl sites for hydroxylation is 1. The number of carbonyl (C=O) groups is 1. The summed E-state index contributed by atoms with van der Waals surface area (Å²) in [5, 5.41) is 14.2. The third-order valence-electron chi connectivity index (χ3n) is 4.50. The Balaban J connectivity index is 1.47. The SMILES string of the molecule is Cn1nccc1-c1nnc(NC(=O)c2ccc(S(=O)(=O)N3CCCC3)cc2)o1. The first-order chi connectivity index (χ1) is 13.4. The summed E-state index contributed by atoms with van der Waals surface area (Å²) >= 11 is 0. The Morgan fingerprint density at radius 2 is 1.82 bits per heavy atom. The number of hydrogen-bond donors (Lipinski definition) is 1. The zero-order valence-electron chi connectivity index (χ0n) is 15.1. The number of anilines is 1. The fourth-order valence-electron chi connectivity index (χ4n) is 2.99. The van der Waals surface area contributed by atoms with Gasteiger partial charge in [0.05, 0.1) is 4.90 Å². The average molecular weight is 402 g/mol. The van der Waals surface area contributed by atoms with Crippen LogP contribution in [0.4, 0.5) is 6.01 Å². The molecule has 10 nitrogen and oxygen atoms in total. The van der Waals surface area contributed by atoms with Gasteiger partial charge in [0.2, 0.25) is 10.0 Å². The minimum atomic E-state index is -3.51. The highest BCUT2D eigenvalue weighted by Crippen LogP contribution is 2.22. The van der Waals surface area contributed by atoms with Gasteiger partial charge in [-0.3, -0.25) is 14.8 Å². The second-order valence-corrected chi connectivity index (χ2v) is 8.28. The van der Waals surface area contributed by atoms with Crippen molar-refractivity contribution in [2.24, 2.45) is 7.05 Å². The third-order valence-corrected chi connectivity index (χ3v) is 6.42. The highest BCUT2D eigenvalue weighted by molar-refractivity contribution is 7.89. The van der Waals surface area contributed by atoms with Gasteiger partial charge < -0.3 is 4.42 Å². The van der Waals surface area contributed by atoms with Crippen LogP contribution >= 0.6 is 0 Å². The van der Waals surface area contributed by atoms with Crippen LogP contribution in [0.25, 0.3) is 11.6 Å². The molecular weight excluding hydrogens is 384 g/mol. The Labute approximate surface area is 161 Å². The lowest BCUT2D eigenvalue weighted by molar-refractivity contribution is 0.102. The quantitative estimate of drug-likeness (QED) is 0.686. The fraction of sp³-hybridized carbons (Fsp3) is 0.294. The Morgan fingerprint density at radius 3 is 2.46 bits per heavy atom. The molecule has 0 saturated carbocycles. The number of rotatable bonds is 5. The molecule has 1 aliphatic rings. The van der Waals surface area contributed by atoms with E-state index in [4.69, 9.17) is 4.42 Å². The molecule has 1 N–H and O–H groups in total. The van der Waals surface area contributed by atoms with Crippen LogP contribution in [0, 0.1) is 0 Å². The first kappa shape index (κ1) is 18.3. The number of benzene rings is 1. The van der Waals surface area contributed by atoms with Gasteiger partial charge in [-0.25, -0.2) is 8.42 Å². The molecular formula is C17H18N6O4S. The van der Waals surface area contributed by atoms with Crippen LogP contribution in [0.3, 0.4) is 0 Å². The van der Waals surface area contributed by atoms with E-state index in [-0.39, 0.29) is 22.4 Å². The van der Waals surface area contributed by atoms with Crippen LogP contribution in [0.1, 0.15) is 23.2 Å². The van der Waals surface area contributed by atoms with Gasteiger partial charge in [0.25, 0.3) is 11.8 Å². The van der Waals surface area contributed by atoms with Crippen molar-refractivity contribution < 1.29 is 17.6 Å². The molecule has 1 saturated heterocycles. The van der Waals surface area contributed by atoms with E-state index in [0.717, 1.165) is 12.8 Å². The number of aromatic nitrogens is 4. The van der Waals surface area contributed by atoms with Crippen LogP contribution in [-0.4, -0.2) is 51.7 Å². The maximum atomic E-state index is 12.5. The van der Waals surface area contributed by atoms with Crippen LogP contribution < -0.4 is 5.32 Å². The summed E-state index contributed by atoms with van der Waals surface area (Å²) in [6, 6.07) is 7.41. The molecule has 1 fully saturated rings. The largest absolute Gasteiger partial charge is 0.401 e. The van der Waals surface area contributed by atoms with Crippen molar-refractivity contribution in [1.29, 1.82) is 0 Å². The molecule has 0 unspecified atom stereocenters. The zero-order chi connectivity index (χ0) is 19.7. The summed E-state index contributed by atoms with van der Waals surface area (Å²) in [4.78, 5) is 12.5. The smallest absolute Gasteiger partial charge is 0.322 e. The summed E-state index contributed by atoms with van der Waals surface area (Å²) in [5.41, 5.74) is 0.894. The molecule has 28 heavy (non-hydrogen) atoms. The molecule has 11 heteroatoms. The molecule has 2 aromatic heterocycles. The van der Waals surface area contributed by atoms with E-state index in [0.29, 0.717) is 18.8 Å². The molecule has 3 heterocycles. The molecule has 1 amide bonds. The Morgan fingerprint density at radius 1 is 1.11 bits per heavy atom. The molecule has 146 valence electrons. The van der Waals surface area contributed by atoms with Gasteiger partial charge >= 0.3 is 6.01 Å². The number of sulfonamides is 1. The van der Waals surface area contributed by atoms with Crippen molar-refractivity contribution in [1.82, 2.24) is 24.3 Å². The lowest BCUT2D eigenvalue weighted by atomic mass is 10.2. The van der Waals surface area contributed by atoms with Gasteiger partial charge in [-0.15, -0.1) is 5.10 Å². The normalized spacial score (nSPS) is 15.0. The number of hydrogen-bond acceptors (Lipinski definition) is 7. The summed E-state index contributed by atoms with van der Waals surface area (Å²) in [7, 11) is -1.78. The predicted molar refractivity (Wildman–Crippen MR) is 98.9 cm³/mol. The molecule has 1 aliphatic heterocycles. The van der Waals surface area contributed by atoms with Crippen molar-refractivity contribution >= 4 is 21.9 Å². The van der Waals surface area contributed by atoms with Crippen molar-refractivity contribution in [3.05, 3.63) is 42.1 Å². The van der Waals surface area contributed by atoms with E-state index < -0.39 is 15.9 Å². The molecule has 0 aliphatic carbocycles. The molecule has 0 atom stereocenters. The van der Waals surface area contributed by atoms with Crippen molar-refractivity contribution in [2.45, 2.75) is 17.7 Å². The van der Waals surface area contributed by atoms with Crippen LogP contribution in [-0.2, 0) is 17.1 Å². The second-order valence-electron chi connectivity index (χ2n) is 6.34. The lowest BCUT2D eigenvalue weighted by Gasteiger charge is -2.15. The lowest BCUT2D eigenvalue weighted by Crippen LogP contribution is -2.27. The topological polar surface area (TPSA) is 123 Å². The van der Waals surface area contributed by atoms with Gasteiger partial charge in [0, 0.05) is 31.9 Å². The van der Waals surface area contributed by atoms with Gasteiger partial charge in [-0.2, -0.15) is 9.40 Å². The highest BCUT2D eigenvalue weighted by Gasteiger charge is 2.27. The van der Waals surface area contributed by atoms with Crippen molar-refractivity contribution in [3.8, 4) is 11.6 Å². The first-order valence-corrected chi connectivity index (χ1v) is 10.1. The number of nitrogens with zero attached hydrogens (tertiary/aromatic N) is 5. The molecule has 3 aromatic rings. The minimum Gasteiger partial charge on any atom is -0.401 e. The fourth-order valence-corrected chi connectivity index (χ4v) is 4.50. The Kier molecular flexibility index (Phi) is 4.69. The first-order valence-electron chi connectivity index (χ1n) is 8.68. The number of nitrogens with one attached hydrogen (secondary N) is 1. The number of amides is 1. The second kappa shape index (κ2) is 7.17. The summed E-state index contributed by atoms with van der Waals surface area (Å²) in [6.07, 6.45) is 3.32.